The van der Waals surface area contributed by atoms with Crippen LogP contribution in [0.25, 0.3) is 0 Å². The summed E-state index contributed by atoms with van der Waals surface area (Å²) in [5.74, 6) is 0.295. The Kier molecular flexibility index (Phi) is 2.86. The van der Waals surface area contributed by atoms with Crippen LogP contribution in [0.2, 0.25) is 0 Å². The van der Waals surface area contributed by atoms with Crippen LogP contribution in [0.1, 0.15) is 36.5 Å². The lowest BCUT2D eigenvalue weighted by molar-refractivity contribution is -0.119. The molecule has 0 saturated carbocycles. The molecule has 0 bridgehead atoms. The number of hydrogen-bond donors (Lipinski definition) is 1. The lowest BCUT2D eigenvalue weighted by Gasteiger charge is -2.35. The summed E-state index contributed by atoms with van der Waals surface area (Å²) in [7, 11) is 0. The molecule has 0 spiro atoms. The van der Waals surface area contributed by atoms with Crippen LogP contribution in [0.5, 0.6) is 0 Å². The van der Waals surface area contributed by atoms with Crippen molar-refractivity contribution in [1.82, 2.24) is 0 Å². The zero-order chi connectivity index (χ0) is 12.7. The van der Waals surface area contributed by atoms with Crippen LogP contribution >= 0.6 is 0 Å². The molecular weight excluding hydrogens is 224 g/mol. The van der Waals surface area contributed by atoms with Crippen molar-refractivity contribution in [3.8, 4) is 0 Å². The third kappa shape index (κ3) is 1.93. The molecular formula is C15H20N2O. The van der Waals surface area contributed by atoms with Crippen LogP contribution in [0.4, 0.5) is 5.69 Å². The molecule has 0 aromatic heterocycles. The van der Waals surface area contributed by atoms with Crippen molar-refractivity contribution in [2.45, 2.75) is 45.1 Å². The average Bonchev–Trinajstić information content (AvgIpc) is 2.33. The quantitative estimate of drug-likeness (QED) is 0.862. The highest BCUT2D eigenvalue weighted by Gasteiger charge is 2.29. The van der Waals surface area contributed by atoms with Gasteiger partial charge < -0.3 is 10.6 Å². The number of carbonyl (C=O) groups excluding carboxylic acids is 1. The Morgan fingerprint density at radius 2 is 2.00 bits per heavy atom. The molecule has 2 heterocycles. The summed E-state index contributed by atoms with van der Waals surface area (Å²) >= 11 is 0. The van der Waals surface area contributed by atoms with Crippen LogP contribution in [0, 0.1) is 0 Å². The van der Waals surface area contributed by atoms with E-state index in [4.69, 9.17) is 5.73 Å². The second-order valence-electron chi connectivity index (χ2n) is 5.59. The van der Waals surface area contributed by atoms with Crippen molar-refractivity contribution in [2.75, 3.05) is 11.4 Å². The summed E-state index contributed by atoms with van der Waals surface area (Å²) in [6.07, 6.45) is 4.66. The fourth-order valence-corrected chi connectivity index (χ4v) is 3.22. The second kappa shape index (κ2) is 4.39. The first-order chi connectivity index (χ1) is 8.65. The zero-order valence-corrected chi connectivity index (χ0v) is 10.9. The van der Waals surface area contributed by atoms with Crippen LogP contribution in [-0.2, 0) is 24.1 Å². The Morgan fingerprint density at radius 3 is 2.72 bits per heavy atom. The highest BCUT2D eigenvalue weighted by Crippen LogP contribution is 2.36. The summed E-state index contributed by atoms with van der Waals surface area (Å²) < 4.78 is 0. The minimum atomic E-state index is 0.195. The summed E-state index contributed by atoms with van der Waals surface area (Å²) in [6.45, 7) is 2.94. The van der Waals surface area contributed by atoms with Gasteiger partial charge in [-0.05, 0) is 49.3 Å². The summed E-state index contributed by atoms with van der Waals surface area (Å²) in [6, 6.07) is 4.71. The molecule has 1 unspecified atom stereocenters. The van der Waals surface area contributed by atoms with Crippen LogP contribution in [-0.4, -0.2) is 18.5 Å². The van der Waals surface area contributed by atoms with E-state index in [1.165, 1.54) is 22.4 Å². The summed E-state index contributed by atoms with van der Waals surface area (Å²) in [5, 5.41) is 0. The number of benzene rings is 1. The number of rotatable bonds is 2. The highest BCUT2D eigenvalue weighted by molar-refractivity contribution is 5.97. The maximum absolute atomic E-state index is 11.9. The lowest BCUT2D eigenvalue weighted by atomic mass is 9.88. The molecule has 96 valence electrons. The fourth-order valence-electron chi connectivity index (χ4n) is 3.22. The predicted molar refractivity (Wildman–Crippen MR) is 72.8 cm³/mol. The monoisotopic (exact) mass is 244 g/mol. The summed E-state index contributed by atoms with van der Waals surface area (Å²) in [5.41, 5.74) is 11.1. The SMILES string of the molecule is CC(N)Cc1cc2c3c(c1)CCC(=O)N3CCC2. The number of hydrogen-bond acceptors (Lipinski definition) is 2. The first kappa shape index (κ1) is 11.7. The van der Waals surface area contributed by atoms with Gasteiger partial charge in [0.05, 0.1) is 5.69 Å². The molecule has 1 atom stereocenters. The molecule has 18 heavy (non-hydrogen) atoms. The van der Waals surface area contributed by atoms with Gasteiger partial charge in [-0.3, -0.25) is 4.79 Å². The first-order valence-electron chi connectivity index (χ1n) is 6.86. The van der Waals surface area contributed by atoms with Gasteiger partial charge >= 0.3 is 0 Å². The third-order valence-electron chi connectivity index (χ3n) is 3.89. The standard InChI is InChI=1S/C15H20N2O/c1-10(16)7-11-8-12-3-2-6-17-14(18)5-4-13(9-11)15(12)17/h8-10H,2-7,16H2,1H3. The summed E-state index contributed by atoms with van der Waals surface area (Å²) in [4.78, 5) is 13.9. The largest absolute Gasteiger partial charge is 0.328 e. The minimum absolute atomic E-state index is 0.195. The fraction of sp³-hybridized carbons (Fsp3) is 0.533. The van der Waals surface area contributed by atoms with Crippen molar-refractivity contribution in [3.05, 3.63) is 28.8 Å². The van der Waals surface area contributed by atoms with Crippen molar-refractivity contribution >= 4 is 11.6 Å². The molecule has 0 radical (unpaired) electrons. The average molecular weight is 244 g/mol. The number of amides is 1. The number of aryl methyl sites for hydroxylation is 2. The molecule has 0 saturated heterocycles. The molecule has 1 amide bonds. The highest BCUT2D eigenvalue weighted by atomic mass is 16.2. The van der Waals surface area contributed by atoms with Gasteiger partial charge in [0.1, 0.15) is 0 Å². The van der Waals surface area contributed by atoms with E-state index in [0.717, 1.165) is 32.2 Å². The Morgan fingerprint density at radius 1 is 1.28 bits per heavy atom. The Balaban J connectivity index is 2.05. The van der Waals surface area contributed by atoms with Crippen molar-refractivity contribution in [2.24, 2.45) is 5.73 Å². The van der Waals surface area contributed by atoms with Gasteiger partial charge in [-0.15, -0.1) is 0 Å². The van der Waals surface area contributed by atoms with E-state index in [1.54, 1.807) is 0 Å². The van der Waals surface area contributed by atoms with Gasteiger partial charge in [0.25, 0.3) is 0 Å². The minimum Gasteiger partial charge on any atom is -0.328 e. The smallest absolute Gasteiger partial charge is 0.227 e. The number of anilines is 1. The molecule has 3 heteroatoms. The molecule has 1 aromatic carbocycles. The van der Waals surface area contributed by atoms with Crippen molar-refractivity contribution < 1.29 is 4.79 Å². The lowest BCUT2D eigenvalue weighted by Crippen LogP contribution is -2.39. The molecule has 2 aliphatic heterocycles. The number of nitrogens with zero attached hydrogens (tertiary/aromatic N) is 1. The second-order valence-corrected chi connectivity index (χ2v) is 5.59. The van der Waals surface area contributed by atoms with Gasteiger partial charge in [-0.1, -0.05) is 12.1 Å². The van der Waals surface area contributed by atoms with Gasteiger partial charge in [-0.25, -0.2) is 0 Å². The molecule has 3 nitrogen and oxygen atoms in total. The van der Waals surface area contributed by atoms with Gasteiger partial charge in [0.15, 0.2) is 0 Å². The van der Waals surface area contributed by atoms with E-state index in [9.17, 15) is 4.79 Å². The van der Waals surface area contributed by atoms with Crippen LogP contribution < -0.4 is 10.6 Å². The van der Waals surface area contributed by atoms with Crippen LogP contribution in [0.15, 0.2) is 12.1 Å². The number of carbonyl (C=O) groups is 1. The first-order valence-corrected chi connectivity index (χ1v) is 6.86. The topological polar surface area (TPSA) is 46.3 Å². The van der Waals surface area contributed by atoms with E-state index in [2.05, 4.69) is 12.1 Å². The molecule has 2 N–H and O–H groups in total. The zero-order valence-electron chi connectivity index (χ0n) is 10.9. The van der Waals surface area contributed by atoms with Crippen LogP contribution in [0.3, 0.4) is 0 Å². The van der Waals surface area contributed by atoms with Crippen molar-refractivity contribution in [3.63, 3.8) is 0 Å². The molecule has 2 aliphatic rings. The maximum atomic E-state index is 11.9. The van der Waals surface area contributed by atoms with Gasteiger partial charge in [0, 0.05) is 19.0 Å². The van der Waals surface area contributed by atoms with E-state index in [-0.39, 0.29) is 6.04 Å². The van der Waals surface area contributed by atoms with E-state index >= 15 is 0 Å². The molecule has 3 rings (SSSR count). The predicted octanol–water partition coefficient (Wildman–Crippen LogP) is 1.80. The van der Waals surface area contributed by atoms with E-state index < -0.39 is 0 Å². The van der Waals surface area contributed by atoms with E-state index in [1.807, 2.05) is 11.8 Å². The Bertz CT molecular complexity index is 476. The van der Waals surface area contributed by atoms with Gasteiger partial charge in [-0.2, -0.15) is 0 Å². The van der Waals surface area contributed by atoms with Crippen molar-refractivity contribution in [1.29, 1.82) is 0 Å². The Hall–Kier alpha value is -1.35. The third-order valence-corrected chi connectivity index (χ3v) is 3.89. The Labute approximate surface area is 108 Å². The molecule has 0 fully saturated rings. The maximum Gasteiger partial charge on any atom is 0.227 e. The molecule has 1 aromatic rings. The normalized spacial score (nSPS) is 19.7. The van der Waals surface area contributed by atoms with Gasteiger partial charge in [0.2, 0.25) is 5.91 Å². The van der Waals surface area contributed by atoms with E-state index in [0.29, 0.717) is 12.3 Å². The molecule has 0 aliphatic carbocycles. The number of nitrogens with two attached hydrogens (primary N) is 1.